The first-order chi connectivity index (χ1) is 15.2. The summed E-state index contributed by atoms with van der Waals surface area (Å²) in [4.78, 5) is 32.1. The molecule has 2 aromatic heterocycles. The fourth-order valence-electron chi connectivity index (χ4n) is 3.49. The molecule has 154 valence electrons. The van der Waals surface area contributed by atoms with Crippen molar-refractivity contribution < 1.29 is 14.3 Å². The SMILES string of the molecule is O=C(CN1C(=O)COc2ccc(-c3csc(Cc4ccccc4)n3)cc21)c1cccs1. The van der Waals surface area contributed by atoms with Gasteiger partial charge >= 0.3 is 0 Å². The first-order valence-corrected chi connectivity index (χ1v) is 11.6. The summed E-state index contributed by atoms with van der Waals surface area (Å²) >= 11 is 2.99. The van der Waals surface area contributed by atoms with Crippen LogP contribution in [0.15, 0.2) is 71.4 Å². The summed E-state index contributed by atoms with van der Waals surface area (Å²) in [6, 6.07) is 19.5. The van der Waals surface area contributed by atoms with Crippen molar-refractivity contribution in [3.05, 3.63) is 86.9 Å². The topological polar surface area (TPSA) is 59.5 Å². The molecule has 1 aliphatic heterocycles. The van der Waals surface area contributed by atoms with Crippen LogP contribution in [0.2, 0.25) is 0 Å². The third-order valence-electron chi connectivity index (χ3n) is 5.05. The second-order valence-electron chi connectivity index (χ2n) is 7.14. The van der Waals surface area contributed by atoms with Gasteiger partial charge in [0.1, 0.15) is 5.75 Å². The number of hydrogen-bond donors (Lipinski definition) is 0. The van der Waals surface area contributed by atoms with E-state index in [2.05, 4.69) is 12.1 Å². The predicted octanol–water partition coefficient (Wildman–Crippen LogP) is 5.07. The number of carbonyl (C=O) groups excluding carboxylic acids is 2. The molecule has 0 saturated heterocycles. The number of thiophene rings is 1. The molecule has 1 aliphatic rings. The zero-order valence-corrected chi connectivity index (χ0v) is 18.1. The molecular formula is C24H18N2O3S2. The van der Waals surface area contributed by atoms with Crippen LogP contribution in [-0.2, 0) is 11.2 Å². The summed E-state index contributed by atoms with van der Waals surface area (Å²) in [5.41, 5.74) is 3.56. The summed E-state index contributed by atoms with van der Waals surface area (Å²) in [6.07, 6.45) is 0.777. The number of amides is 1. The minimum atomic E-state index is -0.224. The van der Waals surface area contributed by atoms with E-state index in [4.69, 9.17) is 9.72 Å². The van der Waals surface area contributed by atoms with Crippen LogP contribution < -0.4 is 9.64 Å². The van der Waals surface area contributed by atoms with E-state index < -0.39 is 0 Å². The van der Waals surface area contributed by atoms with Crippen molar-refractivity contribution in [3.63, 3.8) is 0 Å². The Bertz CT molecular complexity index is 1230. The van der Waals surface area contributed by atoms with Gasteiger partial charge in [-0.1, -0.05) is 36.4 Å². The molecule has 3 heterocycles. The van der Waals surface area contributed by atoms with Gasteiger partial charge in [-0.25, -0.2) is 4.98 Å². The highest BCUT2D eigenvalue weighted by molar-refractivity contribution is 7.12. The number of anilines is 1. The molecule has 5 rings (SSSR count). The number of thiazole rings is 1. The fraction of sp³-hybridized carbons (Fsp3) is 0.125. The maximum Gasteiger partial charge on any atom is 0.265 e. The van der Waals surface area contributed by atoms with Crippen LogP contribution in [0, 0.1) is 0 Å². The molecule has 0 atom stereocenters. The molecule has 1 amide bonds. The summed E-state index contributed by atoms with van der Waals surface area (Å²) in [5.74, 6) is 0.292. The number of aromatic nitrogens is 1. The molecule has 31 heavy (non-hydrogen) atoms. The molecule has 0 aliphatic carbocycles. The van der Waals surface area contributed by atoms with Crippen molar-refractivity contribution in [2.24, 2.45) is 0 Å². The molecule has 0 saturated carbocycles. The Morgan fingerprint density at radius 1 is 1.06 bits per heavy atom. The Balaban J connectivity index is 1.42. The van der Waals surface area contributed by atoms with Crippen LogP contribution in [0.25, 0.3) is 11.3 Å². The van der Waals surface area contributed by atoms with E-state index in [-0.39, 0.29) is 24.8 Å². The molecule has 0 N–H and O–H groups in total. The maximum atomic E-state index is 12.6. The number of carbonyl (C=O) groups is 2. The van der Waals surface area contributed by atoms with Crippen LogP contribution >= 0.6 is 22.7 Å². The Morgan fingerprint density at radius 3 is 2.74 bits per heavy atom. The zero-order chi connectivity index (χ0) is 21.2. The third kappa shape index (κ3) is 4.15. The molecule has 4 aromatic rings. The van der Waals surface area contributed by atoms with Crippen molar-refractivity contribution in [1.82, 2.24) is 4.98 Å². The molecule has 7 heteroatoms. The van der Waals surface area contributed by atoms with Crippen LogP contribution in [0.5, 0.6) is 5.75 Å². The van der Waals surface area contributed by atoms with Gasteiger partial charge in [0, 0.05) is 17.4 Å². The number of rotatable bonds is 6. The molecule has 0 unspecified atom stereocenters. The van der Waals surface area contributed by atoms with E-state index in [1.807, 2.05) is 53.2 Å². The minimum Gasteiger partial charge on any atom is -0.482 e. The lowest BCUT2D eigenvalue weighted by atomic mass is 10.1. The number of fused-ring (bicyclic) bond motifs is 1. The largest absolute Gasteiger partial charge is 0.482 e. The third-order valence-corrected chi connectivity index (χ3v) is 6.81. The molecule has 0 fully saturated rings. The number of ether oxygens (including phenoxy) is 1. The first kappa shape index (κ1) is 19.7. The van der Waals surface area contributed by atoms with Gasteiger partial charge in [0.05, 0.1) is 27.8 Å². The lowest BCUT2D eigenvalue weighted by molar-refractivity contribution is -0.121. The van der Waals surface area contributed by atoms with Crippen molar-refractivity contribution in [1.29, 1.82) is 0 Å². The van der Waals surface area contributed by atoms with Crippen molar-refractivity contribution in [3.8, 4) is 17.0 Å². The van der Waals surface area contributed by atoms with Gasteiger partial charge in [-0.05, 0) is 35.2 Å². The van der Waals surface area contributed by atoms with Crippen molar-refractivity contribution >= 4 is 40.1 Å². The highest BCUT2D eigenvalue weighted by Gasteiger charge is 2.28. The van der Waals surface area contributed by atoms with Gasteiger partial charge < -0.3 is 4.74 Å². The highest BCUT2D eigenvalue weighted by Crippen LogP contribution is 2.36. The molecule has 0 radical (unpaired) electrons. The number of Topliss-reactive ketones (excluding diaryl/α,β-unsaturated/α-hetero) is 1. The lowest BCUT2D eigenvalue weighted by Crippen LogP contribution is -2.41. The van der Waals surface area contributed by atoms with Gasteiger partial charge in [0.25, 0.3) is 5.91 Å². The van der Waals surface area contributed by atoms with Gasteiger partial charge in [0.15, 0.2) is 12.4 Å². The second kappa shape index (κ2) is 8.45. The minimum absolute atomic E-state index is 0.00448. The van der Waals surface area contributed by atoms with Gasteiger partial charge in [-0.3, -0.25) is 14.5 Å². The molecule has 0 spiro atoms. The normalized spacial score (nSPS) is 13.0. The highest BCUT2D eigenvalue weighted by atomic mass is 32.1. The van der Waals surface area contributed by atoms with Crippen LogP contribution in [0.4, 0.5) is 5.69 Å². The van der Waals surface area contributed by atoms with E-state index in [0.717, 1.165) is 22.7 Å². The van der Waals surface area contributed by atoms with Crippen LogP contribution in [0.1, 0.15) is 20.2 Å². The Hall–Kier alpha value is -3.29. The van der Waals surface area contributed by atoms with E-state index in [1.54, 1.807) is 17.4 Å². The summed E-state index contributed by atoms with van der Waals surface area (Å²) in [7, 11) is 0. The van der Waals surface area contributed by atoms with E-state index in [9.17, 15) is 9.59 Å². The monoisotopic (exact) mass is 446 g/mol. The van der Waals surface area contributed by atoms with Gasteiger partial charge in [-0.2, -0.15) is 0 Å². The maximum absolute atomic E-state index is 12.6. The summed E-state index contributed by atoms with van der Waals surface area (Å²) in [6.45, 7) is -0.0719. The van der Waals surface area contributed by atoms with Crippen molar-refractivity contribution in [2.75, 3.05) is 18.1 Å². The average Bonchev–Trinajstić information content (AvgIpc) is 3.49. The molecule has 5 nitrogen and oxygen atoms in total. The summed E-state index contributed by atoms with van der Waals surface area (Å²) in [5, 5.41) is 4.90. The average molecular weight is 447 g/mol. The van der Waals surface area contributed by atoms with Crippen molar-refractivity contribution in [2.45, 2.75) is 6.42 Å². The van der Waals surface area contributed by atoms with Crippen LogP contribution in [-0.4, -0.2) is 29.8 Å². The Labute approximate surface area is 187 Å². The number of hydrogen-bond acceptors (Lipinski definition) is 6. The number of nitrogens with zero attached hydrogens (tertiary/aromatic N) is 2. The smallest absolute Gasteiger partial charge is 0.265 e. The van der Waals surface area contributed by atoms with Gasteiger partial charge in [-0.15, -0.1) is 22.7 Å². The Morgan fingerprint density at radius 2 is 1.94 bits per heavy atom. The Kier molecular flexibility index (Phi) is 5.36. The summed E-state index contributed by atoms with van der Waals surface area (Å²) < 4.78 is 5.60. The van der Waals surface area contributed by atoms with Gasteiger partial charge in [0.2, 0.25) is 0 Å². The number of ketones is 1. The fourth-order valence-corrected chi connectivity index (χ4v) is 4.98. The van der Waals surface area contributed by atoms with E-state index in [0.29, 0.717) is 16.3 Å². The zero-order valence-electron chi connectivity index (χ0n) is 16.5. The van der Waals surface area contributed by atoms with E-state index >= 15 is 0 Å². The molecular weight excluding hydrogens is 428 g/mol. The standard InChI is InChI=1S/C24H18N2O3S2/c27-20(22-7-4-10-30-22)13-26-19-12-17(8-9-21(19)29-14-24(26)28)18-15-31-23(25-18)11-16-5-2-1-3-6-16/h1-10,12,15H,11,13-14H2. The van der Waals surface area contributed by atoms with E-state index in [1.165, 1.54) is 21.8 Å². The lowest BCUT2D eigenvalue weighted by Gasteiger charge is -2.29. The quantitative estimate of drug-likeness (QED) is 0.388. The number of benzene rings is 2. The second-order valence-corrected chi connectivity index (χ2v) is 9.03. The molecule has 0 bridgehead atoms. The first-order valence-electron chi connectivity index (χ1n) is 9.80. The predicted molar refractivity (Wildman–Crippen MR) is 123 cm³/mol. The van der Waals surface area contributed by atoms with Crippen LogP contribution in [0.3, 0.4) is 0 Å². The molecule has 2 aromatic carbocycles.